The van der Waals surface area contributed by atoms with Crippen LogP contribution in [0.1, 0.15) is 37.3 Å². The van der Waals surface area contributed by atoms with Gasteiger partial charge in [-0.05, 0) is 43.9 Å². The summed E-state index contributed by atoms with van der Waals surface area (Å²) in [4.78, 5) is 21.6. The number of ether oxygens (including phenoxy) is 3. The van der Waals surface area contributed by atoms with E-state index in [0.29, 0.717) is 38.7 Å². The number of aromatic nitrogens is 1. The highest BCUT2D eigenvalue weighted by Crippen LogP contribution is 2.33. The van der Waals surface area contributed by atoms with Crippen molar-refractivity contribution in [1.29, 1.82) is 0 Å². The Labute approximate surface area is 220 Å². The summed E-state index contributed by atoms with van der Waals surface area (Å²) in [6.45, 7) is 6.69. The maximum absolute atomic E-state index is 13.1. The van der Waals surface area contributed by atoms with Crippen molar-refractivity contribution in [2.45, 2.75) is 39.3 Å². The minimum absolute atomic E-state index is 0.0145. The van der Waals surface area contributed by atoms with E-state index < -0.39 is 0 Å². The summed E-state index contributed by atoms with van der Waals surface area (Å²) in [6.07, 6.45) is 4.47. The van der Waals surface area contributed by atoms with Crippen LogP contribution in [0, 0.1) is 0 Å². The largest absolute Gasteiger partial charge is 0.490 e. The Morgan fingerprint density at radius 1 is 0.919 bits per heavy atom. The SMILES string of the molecule is CCOc1cccc2c1OCCCCCN(C(=O)COc1ccccn1)CCN(Cc1ccccc1)C2. The molecule has 2 heterocycles. The fourth-order valence-electron chi connectivity index (χ4n) is 4.45. The predicted molar refractivity (Wildman–Crippen MR) is 144 cm³/mol. The van der Waals surface area contributed by atoms with E-state index in [0.717, 1.165) is 49.4 Å². The second-order valence-corrected chi connectivity index (χ2v) is 9.12. The zero-order chi connectivity index (χ0) is 25.7. The van der Waals surface area contributed by atoms with Gasteiger partial charge >= 0.3 is 0 Å². The average molecular weight is 504 g/mol. The van der Waals surface area contributed by atoms with Gasteiger partial charge in [-0.25, -0.2) is 4.98 Å². The molecule has 4 rings (SSSR count). The average Bonchev–Trinajstić information content (AvgIpc) is 2.94. The molecule has 0 unspecified atom stereocenters. The highest BCUT2D eigenvalue weighted by Gasteiger charge is 2.20. The zero-order valence-electron chi connectivity index (χ0n) is 21.7. The van der Waals surface area contributed by atoms with Crippen molar-refractivity contribution in [3.8, 4) is 17.4 Å². The van der Waals surface area contributed by atoms with Gasteiger partial charge in [0, 0.05) is 50.6 Å². The van der Waals surface area contributed by atoms with Gasteiger partial charge in [-0.1, -0.05) is 48.5 Å². The first-order chi connectivity index (χ1) is 18.2. The highest BCUT2D eigenvalue weighted by molar-refractivity contribution is 5.77. The zero-order valence-corrected chi connectivity index (χ0v) is 21.7. The molecule has 1 amide bonds. The number of nitrogens with zero attached hydrogens (tertiary/aromatic N) is 3. The first kappa shape index (κ1) is 26.5. The third-order valence-electron chi connectivity index (χ3n) is 6.34. The lowest BCUT2D eigenvalue weighted by atomic mass is 10.1. The molecule has 1 aromatic heterocycles. The van der Waals surface area contributed by atoms with Gasteiger partial charge in [0.25, 0.3) is 5.91 Å². The van der Waals surface area contributed by atoms with E-state index in [-0.39, 0.29) is 12.5 Å². The second kappa shape index (κ2) is 14.2. The van der Waals surface area contributed by atoms with Crippen LogP contribution in [0.15, 0.2) is 72.9 Å². The Kier molecular flexibility index (Phi) is 10.2. The molecule has 0 fully saturated rings. The standard InChI is InChI=1S/C30H37N3O4/c1-2-35-27-15-11-14-26-23-32(22-25-12-5-3-6-13-25)19-20-33(18-9-4-10-21-36-30(26)27)29(34)24-37-28-16-7-8-17-31-28/h3,5-8,11-17H,2,4,9-10,18-24H2,1H3. The van der Waals surface area contributed by atoms with E-state index in [1.54, 1.807) is 12.3 Å². The van der Waals surface area contributed by atoms with E-state index in [9.17, 15) is 4.79 Å². The maximum atomic E-state index is 13.1. The molecule has 1 aliphatic heterocycles. The summed E-state index contributed by atoms with van der Waals surface area (Å²) in [5.74, 6) is 2.07. The smallest absolute Gasteiger partial charge is 0.260 e. The number of carbonyl (C=O) groups is 1. The van der Waals surface area contributed by atoms with E-state index >= 15 is 0 Å². The van der Waals surface area contributed by atoms with Crippen molar-refractivity contribution in [1.82, 2.24) is 14.8 Å². The highest BCUT2D eigenvalue weighted by atomic mass is 16.5. The minimum Gasteiger partial charge on any atom is -0.490 e. The molecule has 0 radical (unpaired) electrons. The van der Waals surface area contributed by atoms with Gasteiger partial charge in [0.05, 0.1) is 13.2 Å². The number of amides is 1. The fraction of sp³-hybridized carbons (Fsp3) is 0.400. The molecule has 0 aliphatic carbocycles. The molecule has 37 heavy (non-hydrogen) atoms. The van der Waals surface area contributed by atoms with Gasteiger partial charge in [0.15, 0.2) is 18.1 Å². The molecule has 0 atom stereocenters. The predicted octanol–water partition coefficient (Wildman–Crippen LogP) is 4.95. The van der Waals surface area contributed by atoms with E-state index in [4.69, 9.17) is 14.2 Å². The van der Waals surface area contributed by atoms with E-state index in [1.807, 2.05) is 42.2 Å². The monoisotopic (exact) mass is 503 g/mol. The molecule has 2 aromatic carbocycles. The second-order valence-electron chi connectivity index (χ2n) is 9.12. The van der Waals surface area contributed by atoms with E-state index in [1.165, 1.54) is 5.56 Å². The van der Waals surface area contributed by atoms with Crippen LogP contribution in [0.25, 0.3) is 0 Å². The van der Waals surface area contributed by atoms with Crippen molar-refractivity contribution in [3.63, 3.8) is 0 Å². The van der Waals surface area contributed by atoms with Crippen LogP contribution >= 0.6 is 0 Å². The molecule has 3 aromatic rings. The van der Waals surface area contributed by atoms with E-state index in [2.05, 4.69) is 40.2 Å². The van der Waals surface area contributed by atoms with Crippen LogP contribution in [0.4, 0.5) is 0 Å². The lowest BCUT2D eigenvalue weighted by Crippen LogP contribution is -2.41. The molecule has 0 saturated carbocycles. The summed E-state index contributed by atoms with van der Waals surface area (Å²) in [5.41, 5.74) is 2.32. The number of hydrogen-bond acceptors (Lipinski definition) is 6. The summed E-state index contributed by atoms with van der Waals surface area (Å²) < 4.78 is 17.9. The van der Waals surface area contributed by atoms with Crippen LogP contribution in [0.5, 0.6) is 17.4 Å². The quantitative estimate of drug-likeness (QED) is 0.455. The van der Waals surface area contributed by atoms with Crippen molar-refractivity contribution in [2.24, 2.45) is 0 Å². The van der Waals surface area contributed by atoms with Crippen LogP contribution in [0.2, 0.25) is 0 Å². The number of rotatable bonds is 7. The van der Waals surface area contributed by atoms with Crippen molar-refractivity contribution >= 4 is 5.91 Å². The van der Waals surface area contributed by atoms with Gasteiger partial charge in [-0.2, -0.15) is 0 Å². The van der Waals surface area contributed by atoms with Gasteiger partial charge in [0.2, 0.25) is 5.88 Å². The topological polar surface area (TPSA) is 64.1 Å². The Morgan fingerprint density at radius 3 is 2.59 bits per heavy atom. The summed E-state index contributed by atoms with van der Waals surface area (Å²) >= 11 is 0. The molecular weight excluding hydrogens is 466 g/mol. The number of benzene rings is 2. The number of fused-ring (bicyclic) bond motifs is 1. The molecule has 196 valence electrons. The Balaban J connectivity index is 1.52. The minimum atomic E-state index is -0.0181. The van der Waals surface area contributed by atoms with Crippen molar-refractivity contribution in [3.05, 3.63) is 84.1 Å². The molecule has 0 bridgehead atoms. The van der Waals surface area contributed by atoms with Crippen LogP contribution < -0.4 is 14.2 Å². The molecular formula is C30H37N3O4. The van der Waals surface area contributed by atoms with Crippen LogP contribution in [-0.4, -0.2) is 60.1 Å². The Bertz CT molecular complexity index is 1090. The molecule has 0 spiro atoms. The number of carbonyl (C=O) groups excluding carboxylic acids is 1. The first-order valence-corrected chi connectivity index (χ1v) is 13.2. The number of para-hydroxylation sites is 1. The summed E-state index contributed by atoms with van der Waals surface area (Å²) in [5, 5.41) is 0. The number of pyridine rings is 1. The van der Waals surface area contributed by atoms with Gasteiger partial charge < -0.3 is 19.1 Å². The Hall–Kier alpha value is -3.58. The molecule has 0 N–H and O–H groups in total. The molecule has 7 heteroatoms. The van der Waals surface area contributed by atoms with Gasteiger partial charge in [-0.3, -0.25) is 9.69 Å². The van der Waals surface area contributed by atoms with Gasteiger partial charge in [-0.15, -0.1) is 0 Å². The maximum Gasteiger partial charge on any atom is 0.260 e. The van der Waals surface area contributed by atoms with Crippen LogP contribution in [0.3, 0.4) is 0 Å². The lowest BCUT2D eigenvalue weighted by molar-refractivity contribution is -0.133. The van der Waals surface area contributed by atoms with Crippen molar-refractivity contribution < 1.29 is 19.0 Å². The Morgan fingerprint density at radius 2 is 1.78 bits per heavy atom. The molecule has 1 aliphatic rings. The van der Waals surface area contributed by atoms with Crippen LogP contribution in [-0.2, 0) is 17.9 Å². The fourth-order valence-corrected chi connectivity index (χ4v) is 4.45. The lowest BCUT2D eigenvalue weighted by Gasteiger charge is -2.28. The molecule has 7 nitrogen and oxygen atoms in total. The number of hydrogen-bond donors (Lipinski definition) is 0. The third kappa shape index (κ3) is 8.22. The normalized spacial score (nSPS) is 15.3. The first-order valence-electron chi connectivity index (χ1n) is 13.2. The van der Waals surface area contributed by atoms with Gasteiger partial charge in [0.1, 0.15) is 0 Å². The van der Waals surface area contributed by atoms with Crippen molar-refractivity contribution in [2.75, 3.05) is 39.5 Å². The third-order valence-corrected chi connectivity index (χ3v) is 6.34. The summed E-state index contributed by atoms with van der Waals surface area (Å²) in [7, 11) is 0. The molecule has 0 saturated heterocycles. The summed E-state index contributed by atoms with van der Waals surface area (Å²) in [6, 6.07) is 22.0.